The van der Waals surface area contributed by atoms with Crippen molar-refractivity contribution in [1.82, 2.24) is 5.01 Å². The van der Waals surface area contributed by atoms with Gasteiger partial charge in [0.05, 0.1) is 63.6 Å². The van der Waals surface area contributed by atoms with Crippen molar-refractivity contribution in [2.75, 3.05) is 43.5 Å². The number of nitro groups is 2. The van der Waals surface area contributed by atoms with Crippen LogP contribution >= 0.6 is 23.2 Å². The number of imide groups is 2. The number of ether oxygens (including phenoxy) is 2. The molecule has 0 bridgehead atoms. The van der Waals surface area contributed by atoms with Gasteiger partial charge in [0.25, 0.3) is 11.8 Å². The van der Waals surface area contributed by atoms with Gasteiger partial charge in [0.15, 0.2) is 5.69 Å². The predicted octanol–water partition coefficient (Wildman–Crippen LogP) is 6.79. The van der Waals surface area contributed by atoms with Gasteiger partial charge in [-0.25, -0.2) is 4.90 Å². The molecular weight excluding hydrogens is 835 g/mol. The number of aromatic hydroxyl groups is 1. The van der Waals surface area contributed by atoms with E-state index in [0.717, 1.165) is 22.0 Å². The molecule has 4 amide bonds. The summed E-state index contributed by atoms with van der Waals surface area (Å²) < 4.78 is 11.3. The fourth-order valence-corrected chi connectivity index (χ4v) is 10.3. The second-order valence-electron chi connectivity index (χ2n) is 15.4. The van der Waals surface area contributed by atoms with E-state index in [1.165, 1.54) is 63.5 Å². The predicted molar refractivity (Wildman–Crippen MR) is 222 cm³/mol. The Balaban J connectivity index is 1.33. The zero-order chi connectivity index (χ0) is 43.8. The van der Waals surface area contributed by atoms with E-state index in [9.17, 15) is 34.9 Å². The number of nitro benzene ring substituents is 2. The Labute approximate surface area is 357 Å². The fraction of sp³-hybridized carbons (Fsp3) is 0.286. The van der Waals surface area contributed by atoms with Gasteiger partial charge in [-0.3, -0.25) is 44.8 Å². The summed E-state index contributed by atoms with van der Waals surface area (Å²) in [6.45, 7) is 0. The van der Waals surface area contributed by atoms with Crippen molar-refractivity contribution in [3.63, 3.8) is 0 Å². The minimum absolute atomic E-state index is 0.0255. The first kappa shape index (κ1) is 41.0. The van der Waals surface area contributed by atoms with Gasteiger partial charge < -0.3 is 19.5 Å². The molecule has 4 aliphatic rings. The molecule has 0 radical (unpaired) electrons. The van der Waals surface area contributed by atoms with Crippen LogP contribution in [0.15, 0.2) is 84.4 Å². The van der Waals surface area contributed by atoms with Crippen LogP contribution in [0.2, 0.25) is 10.0 Å². The molecule has 6 atom stereocenters. The number of amides is 4. The molecule has 0 unspecified atom stereocenters. The number of carbonyl (C=O) groups excluding carboxylic acids is 4. The van der Waals surface area contributed by atoms with Gasteiger partial charge in [-0.1, -0.05) is 53.1 Å². The molecule has 0 spiro atoms. The van der Waals surface area contributed by atoms with Gasteiger partial charge in [0, 0.05) is 48.8 Å². The van der Waals surface area contributed by atoms with Gasteiger partial charge in [0.2, 0.25) is 11.8 Å². The first-order chi connectivity index (χ1) is 29.0. The lowest BCUT2D eigenvalue weighted by molar-refractivity contribution is -0.392. The van der Waals surface area contributed by atoms with Crippen LogP contribution in [-0.4, -0.2) is 71.9 Å². The van der Waals surface area contributed by atoms with Crippen LogP contribution in [0.1, 0.15) is 29.9 Å². The largest absolute Gasteiger partial charge is 0.508 e. The van der Waals surface area contributed by atoms with Gasteiger partial charge >= 0.3 is 11.4 Å². The number of nitrogens with one attached hydrogen (secondary N) is 1. The van der Waals surface area contributed by atoms with Crippen molar-refractivity contribution >= 4 is 75.3 Å². The van der Waals surface area contributed by atoms with E-state index in [0.29, 0.717) is 27.5 Å². The third kappa shape index (κ3) is 6.20. The van der Waals surface area contributed by atoms with Crippen molar-refractivity contribution in [2.45, 2.75) is 24.2 Å². The monoisotopic (exact) mass is 870 g/mol. The molecule has 1 saturated carbocycles. The Morgan fingerprint density at radius 3 is 2.11 bits per heavy atom. The third-order valence-electron chi connectivity index (χ3n) is 12.3. The van der Waals surface area contributed by atoms with E-state index in [-0.39, 0.29) is 46.4 Å². The number of hydrogen-bond donors (Lipinski definition) is 2. The Morgan fingerprint density at radius 1 is 0.852 bits per heavy atom. The second kappa shape index (κ2) is 15.1. The lowest BCUT2D eigenvalue weighted by Crippen LogP contribution is -2.53. The summed E-state index contributed by atoms with van der Waals surface area (Å²) in [5.74, 6) is -7.71. The molecule has 2 aliphatic heterocycles. The number of fused-ring (bicyclic) bond motifs is 4. The van der Waals surface area contributed by atoms with Crippen molar-refractivity contribution in [3.8, 4) is 17.2 Å². The smallest absolute Gasteiger partial charge is 0.301 e. The number of methoxy groups -OCH3 is 2. The standard InChI is InChI=1S/C42H36Cl2N6O11/c1-46(2)37-32(49(56)57)16-22(17-33(37)50(58)59)47-38(52)27-13-12-25-28(35(27)40(47)54)19-29-39(53)48(45-31-14-7-21(43)15-30(31)44)41(55)42(29,20-5-9-24(60-3)10-6-20)36(25)26-11-8-23(51)18-34(26)61-4/h5-12,14-18,27-29,35-36,45,51H,13,19H2,1-4H3/t27-,28+,29-,35-,36+,42+/m0/s1. The third-order valence-corrected chi connectivity index (χ3v) is 12.8. The zero-order valence-electron chi connectivity index (χ0n) is 32.8. The minimum Gasteiger partial charge on any atom is -0.508 e. The summed E-state index contributed by atoms with van der Waals surface area (Å²) >= 11 is 12.7. The number of phenols is 1. The van der Waals surface area contributed by atoms with E-state index in [2.05, 4.69) is 5.43 Å². The van der Waals surface area contributed by atoms with Crippen molar-refractivity contribution in [1.29, 1.82) is 0 Å². The Kier molecular flexibility index (Phi) is 10.1. The number of carbonyl (C=O) groups is 4. The van der Waals surface area contributed by atoms with Crippen LogP contribution in [0.25, 0.3) is 0 Å². The summed E-state index contributed by atoms with van der Waals surface area (Å²) in [7, 11) is 5.66. The molecule has 314 valence electrons. The van der Waals surface area contributed by atoms with Crippen molar-refractivity contribution in [3.05, 3.63) is 126 Å². The number of rotatable bonds is 10. The normalized spacial score (nSPS) is 24.2. The molecule has 2 aliphatic carbocycles. The van der Waals surface area contributed by atoms with Crippen LogP contribution in [0.5, 0.6) is 17.2 Å². The zero-order valence-corrected chi connectivity index (χ0v) is 34.3. The summed E-state index contributed by atoms with van der Waals surface area (Å²) in [6, 6.07) is 17.5. The molecule has 17 nitrogen and oxygen atoms in total. The number of benzene rings is 4. The number of nitrogens with zero attached hydrogens (tertiary/aromatic N) is 5. The Bertz CT molecular complexity index is 2590. The number of allylic oxidation sites excluding steroid dienone is 2. The molecular formula is C42H36Cl2N6O11. The van der Waals surface area contributed by atoms with Crippen molar-refractivity contribution in [2.24, 2.45) is 23.7 Å². The van der Waals surface area contributed by atoms with Crippen LogP contribution in [0.4, 0.5) is 28.4 Å². The Hall–Kier alpha value is -6.72. The van der Waals surface area contributed by atoms with E-state index in [4.69, 9.17) is 32.7 Å². The highest BCUT2D eigenvalue weighted by atomic mass is 35.5. The van der Waals surface area contributed by atoms with Crippen LogP contribution < -0.4 is 24.7 Å². The maximum Gasteiger partial charge on any atom is 0.301 e. The first-order valence-electron chi connectivity index (χ1n) is 18.9. The SMILES string of the molecule is COc1ccc([C@@]23C(=O)N(Nc4ccc(Cl)cc4Cl)C(=O)[C@@H]2C[C@@H]2C(=CC[C@@H]4C(=O)N(c5cc([N+](=O)[O-])c(N(C)C)c([N+](=O)[O-])c5)C(=O)[C@@H]42)[C@@H]3c2ccc(O)cc2OC)cc1. The summed E-state index contributed by atoms with van der Waals surface area (Å²) in [5.41, 5.74) is 0.664. The average Bonchev–Trinajstić information content (AvgIpc) is 3.61. The molecule has 3 fully saturated rings. The van der Waals surface area contributed by atoms with Gasteiger partial charge in [-0.2, -0.15) is 5.01 Å². The molecule has 4 aromatic rings. The average molecular weight is 872 g/mol. The fourth-order valence-electron chi connectivity index (χ4n) is 9.84. The van der Waals surface area contributed by atoms with E-state index < -0.39 is 79.9 Å². The van der Waals surface area contributed by atoms with Gasteiger partial charge in [-0.05, 0) is 60.7 Å². The summed E-state index contributed by atoms with van der Waals surface area (Å²) in [6.07, 6.45) is 1.63. The van der Waals surface area contributed by atoms with E-state index in [1.807, 2.05) is 0 Å². The molecule has 0 aromatic heterocycles. The number of anilines is 3. The second-order valence-corrected chi connectivity index (χ2v) is 16.2. The number of hydrazine groups is 1. The van der Waals surface area contributed by atoms with Crippen LogP contribution in [0.3, 0.4) is 0 Å². The molecule has 2 heterocycles. The summed E-state index contributed by atoms with van der Waals surface area (Å²) in [5, 5.41) is 36.5. The van der Waals surface area contributed by atoms with Crippen LogP contribution in [-0.2, 0) is 24.6 Å². The quantitative estimate of drug-likeness (QED) is 0.0728. The number of halogens is 2. The molecule has 2 saturated heterocycles. The molecule has 8 rings (SSSR count). The molecule has 61 heavy (non-hydrogen) atoms. The number of hydrogen-bond acceptors (Lipinski definition) is 13. The highest BCUT2D eigenvalue weighted by Gasteiger charge is 2.71. The van der Waals surface area contributed by atoms with Gasteiger partial charge in [0.1, 0.15) is 17.2 Å². The first-order valence-corrected chi connectivity index (χ1v) is 19.6. The van der Waals surface area contributed by atoms with Crippen molar-refractivity contribution < 1.29 is 43.6 Å². The molecule has 2 N–H and O–H groups in total. The van der Waals surface area contributed by atoms with E-state index in [1.54, 1.807) is 36.4 Å². The van der Waals surface area contributed by atoms with E-state index >= 15 is 9.59 Å². The van der Waals surface area contributed by atoms with Crippen LogP contribution in [0, 0.1) is 43.9 Å². The minimum atomic E-state index is -1.75. The van der Waals surface area contributed by atoms with Gasteiger partial charge in [-0.15, -0.1) is 0 Å². The Morgan fingerprint density at radius 2 is 1.52 bits per heavy atom. The maximum absolute atomic E-state index is 15.5. The molecule has 4 aromatic carbocycles. The maximum atomic E-state index is 15.5. The molecule has 19 heteroatoms. The lowest BCUT2D eigenvalue weighted by atomic mass is 9.49. The highest BCUT2D eigenvalue weighted by Crippen LogP contribution is 2.65. The lowest BCUT2D eigenvalue weighted by Gasteiger charge is -2.50. The number of phenolic OH excluding ortho intramolecular Hbond substituents is 1. The topological polar surface area (TPSA) is 215 Å². The summed E-state index contributed by atoms with van der Waals surface area (Å²) in [4.78, 5) is 84.8. The highest BCUT2D eigenvalue weighted by molar-refractivity contribution is 6.36.